The van der Waals surface area contributed by atoms with Gasteiger partial charge >= 0.3 is 6.18 Å². The van der Waals surface area contributed by atoms with Crippen LogP contribution in [-0.2, 0) is 11.0 Å². The second kappa shape index (κ2) is 7.98. The number of benzene rings is 1. The van der Waals surface area contributed by atoms with Gasteiger partial charge in [-0.25, -0.2) is 4.98 Å². The summed E-state index contributed by atoms with van der Waals surface area (Å²) in [5.74, 6) is -0.469. The first-order valence-electron chi connectivity index (χ1n) is 7.34. The lowest BCUT2D eigenvalue weighted by atomic mass is 10.1. The van der Waals surface area contributed by atoms with E-state index in [1.807, 2.05) is 0 Å². The topological polar surface area (TPSA) is 65.8 Å². The van der Waals surface area contributed by atoms with Crippen molar-refractivity contribution in [3.8, 4) is 6.07 Å². The van der Waals surface area contributed by atoms with E-state index in [2.05, 4.69) is 10.3 Å². The number of anilines is 1. The molecule has 2 rings (SSSR count). The van der Waals surface area contributed by atoms with Crippen LogP contribution in [0, 0.1) is 18.3 Å². The minimum Gasteiger partial charge on any atom is -0.324 e. The number of rotatable bonds is 4. The number of nitrogens with zero attached hydrogens (tertiary/aromatic N) is 2. The van der Waals surface area contributed by atoms with Crippen LogP contribution in [-0.4, -0.2) is 16.1 Å². The average molecular weight is 400 g/mol. The number of nitriles is 1. The lowest BCUT2D eigenvalue weighted by molar-refractivity contribution is -0.138. The molecule has 0 fully saturated rings. The van der Waals surface area contributed by atoms with Crippen LogP contribution < -0.4 is 5.32 Å². The van der Waals surface area contributed by atoms with E-state index in [1.54, 1.807) is 30.3 Å². The quantitative estimate of drug-likeness (QED) is 0.730. The van der Waals surface area contributed by atoms with Crippen molar-refractivity contribution in [2.75, 3.05) is 5.32 Å². The van der Waals surface area contributed by atoms with Crippen molar-refractivity contribution in [1.82, 2.24) is 4.98 Å². The Morgan fingerprint density at radius 3 is 2.62 bits per heavy atom. The number of para-hydroxylation sites is 1. The molecule has 0 aliphatic rings. The summed E-state index contributed by atoms with van der Waals surface area (Å²) in [7, 11) is 0. The van der Waals surface area contributed by atoms with Crippen LogP contribution in [0.4, 0.5) is 18.9 Å². The Morgan fingerprint density at radius 2 is 2.04 bits per heavy atom. The van der Waals surface area contributed by atoms with Gasteiger partial charge in [-0.2, -0.15) is 18.4 Å². The third-order valence-electron chi connectivity index (χ3n) is 3.32. The summed E-state index contributed by atoms with van der Waals surface area (Å²) < 4.78 is 39.4. The molecule has 9 heteroatoms. The molecule has 0 spiro atoms. The maximum atomic E-state index is 13.1. The van der Waals surface area contributed by atoms with E-state index in [0.29, 0.717) is 10.7 Å². The van der Waals surface area contributed by atoms with Crippen LogP contribution in [0.3, 0.4) is 0 Å². The molecule has 2 aromatic rings. The fourth-order valence-electron chi connectivity index (χ4n) is 2.08. The fourth-order valence-corrected chi connectivity index (χ4v) is 3.23. The number of hydrogen-bond acceptors (Lipinski definition) is 4. The standard InChI is InChI=1S/C17H13ClF3N3OS/c1-9-7-12(17(19,20)21)11(8-22)16(23-9)26-10(2)15(25)24-14-6-4-3-5-13(14)18/h3-7,10H,1-2H3,(H,24,25). The van der Waals surface area contributed by atoms with Gasteiger partial charge in [-0.1, -0.05) is 35.5 Å². The predicted molar refractivity (Wildman–Crippen MR) is 94.1 cm³/mol. The molecule has 1 atom stereocenters. The molecular formula is C17H13ClF3N3OS. The largest absolute Gasteiger partial charge is 0.417 e. The lowest BCUT2D eigenvalue weighted by Gasteiger charge is -2.16. The number of carbonyl (C=O) groups excluding carboxylic acids is 1. The average Bonchev–Trinajstić information content (AvgIpc) is 2.55. The Hall–Kier alpha value is -2.24. The molecule has 0 aliphatic carbocycles. The summed E-state index contributed by atoms with van der Waals surface area (Å²) in [5, 5.41) is 11.2. The Labute approximate surface area is 157 Å². The smallest absolute Gasteiger partial charge is 0.324 e. The van der Waals surface area contributed by atoms with E-state index in [4.69, 9.17) is 16.9 Å². The molecule has 4 nitrogen and oxygen atoms in total. The Kier molecular flexibility index (Phi) is 6.16. The number of nitrogens with one attached hydrogen (secondary N) is 1. The maximum Gasteiger partial charge on any atom is 0.417 e. The second-order valence-corrected chi connectivity index (χ2v) is 7.07. The van der Waals surface area contributed by atoms with Crippen molar-refractivity contribution < 1.29 is 18.0 Å². The van der Waals surface area contributed by atoms with E-state index in [0.717, 1.165) is 17.8 Å². The summed E-state index contributed by atoms with van der Waals surface area (Å²) in [5.41, 5.74) is -1.16. The van der Waals surface area contributed by atoms with Crippen LogP contribution in [0.25, 0.3) is 0 Å². The molecule has 0 aliphatic heterocycles. The molecule has 1 aromatic carbocycles. The number of alkyl halides is 3. The number of pyridine rings is 1. The molecule has 1 amide bonds. The summed E-state index contributed by atoms with van der Waals surface area (Å²) in [6, 6.07) is 8.95. The van der Waals surface area contributed by atoms with Gasteiger partial charge in [0, 0.05) is 5.69 Å². The van der Waals surface area contributed by atoms with E-state index < -0.39 is 28.5 Å². The normalized spacial score (nSPS) is 12.3. The van der Waals surface area contributed by atoms with E-state index in [9.17, 15) is 18.0 Å². The van der Waals surface area contributed by atoms with Gasteiger partial charge < -0.3 is 5.32 Å². The second-order valence-electron chi connectivity index (χ2n) is 5.33. The molecule has 26 heavy (non-hydrogen) atoms. The zero-order valence-corrected chi connectivity index (χ0v) is 15.3. The maximum absolute atomic E-state index is 13.1. The molecule has 0 bridgehead atoms. The zero-order valence-electron chi connectivity index (χ0n) is 13.7. The van der Waals surface area contributed by atoms with Gasteiger partial charge in [0.15, 0.2) is 0 Å². The lowest BCUT2D eigenvalue weighted by Crippen LogP contribution is -2.23. The Bertz CT molecular complexity index is 881. The van der Waals surface area contributed by atoms with Crippen LogP contribution >= 0.6 is 23.4 Å². The number of thioether (sulfide) groups is 1. The molecule has 0 saturated heterocycles. The van der Waals surface area contributed by atoms with Gasteiger partial charge in [0.25, 0.3) is 0 Å². The molecular weight excluding hydrogens is 387 g/mol. The number of carbonyl (C=O) groups is 1. The first kappa shape index (κ1) is 20.1. The van der Waals surface area contributed by atoms with Gasteiger partial charge in [-0.3, -0.25) is 4.79 Å². The molecule has 1 heterocycles. The van der Waals surface area contributed by atoms with Gasteiger partial charge in [-0.05, 0) is 32.0 Å². The van der Waals surface area contributed by atoms with Gasteiger partial charge in [0.05, 0.1) is 27.1 Å². The third-order valence-corrected chi connectivity index (χ3v) is 4.74. The first-order valence-corrected chi connectivity index (χ1v) is 8.60. The van der Waals surface area contributed by atoms with Crippen LogP contribution in [0.1, 0.15) is 23.7 Å². The molecule has 136 valence electrons. The highest BCUT2D eigenvalue weighted by Gasteiger charge is 2.36. The fraction of sp³-hybridized carbons (Fsp3) is 0.235. The van der Waals surface area contributed by atoms with Gasteiger partial charge in [-0.15, -0.1) is 0 Å². The van der Waals surface area contributed by atoms with Crippen LogP contribution in [0.15, 0.2) is 35.4 Å². The van der Waals surface area contributed by atoms with E-state index in [1.165, 1.54) is 13.8 Å². The van der Waals surface area contributed by atoms with Crippen LogP contribution in [0.5, 0.6) is 0 Å². The minimum absolute atomic E-state index is 0.109. The third kappa shape index (κ3) is 4.68. The summed E-state index contributed by atoms with van der Waals surface area (Å²) in [6.45, 7) is 2.91. The highest BCUT2D eigenvalue weighted by atomic mass is 35.5. The van der Waals surface area contributed by atoms with Crippen LogP contribution in [0.2, 0.25) is 5.02 Å². The molecule has 0 radical (unpaired) electrons. The first-order chi connectivity index (χ1) is 12.1. The Morgan fingerprint density at radius 1 is 1.38 bits per heavy atom. The molecule has 0 saturated carbocycles. The van der Waals surface area contributed by atoms with Crippen molar-refractivity contribution in [1.29, 1.82) is 5.26 Å². The molecule has 1 unspecified atom stereocenters. The van der Waals surface area contributed by atoms with Crippen molar-refractivity contribution in [2.24, 2.45) is 0 Å². The van der Waals surface area contributed by atoms with Gasteiger partial charge in [0.1, 0.15) is 11.1 Å². The van der Waals surface area contributed by atoms with Crippen molar-refractivity contribution in [3.63, 3.8) is 0 Å². The summed E-state index contributed by atoms with van der Waals surface area (Å²) >= 11 is 6.75. The van der Waals surface area contributed by atoms with Crippen molar-refractivity contribution in [3.05, 3.63) is 52.2 Å². The zero-order chi connectivity index (χ0) is 19.5. The van der Waals surface area contributed by atoms with Crippen molar-refractivity contribution in [2.45, 2.75) is 30.3 Å². The monoisotopic (exact) mass is 399 g/mol. The highest BCUT2D eigenvalue weighted by molar-refractivity contribution is 8.00. The SMILES string of the molecule is Cc1cc(C(F)(F)F)c(C#N)c(SC(C)C(=O)Nc2ccccc2Cl)n1. The summed E-state index contributed by atoms with van der Waals surface area (Å²) in [4.78, 5) is 16.3. The summed E-state index contributed by atoms with van der Waals surface area (Å²) in [6.07, 6.45) is -4.68. The van der Waals surface area contributed by atoms with Crippen molar-refractivity contribution >= 4 is 35.0 Å². The number of hydrogen-bond donors (Lipinski definition) is 1. The van der Waals surface area contributed by atoms with E-state index >= 15 is 0 Å². The highest BCUT2D eigenvalue weighted by Crippen LogP contribution is 2.37. The number of aryl methyl sites for hydroxylation is 1. The number of halogens is 4. The predicted octanol–water partition coefficient (Wildman–Crippen LogP) is 5.05. The number of aromatic nitrogens is 1. The van der Waals surface area contributed by atoms with E-state index in [-0.39, 0.29) is 10.7 Å². The Balaban J connectivity index is 2.27. The molecule has 1 aromatic heterocycles. The molecule has 1 N–H and O–H groups in total. The minimum atomic E-state index is -4.68. The van der Waals surface area contributed by atoms with Gasteiger partial charge in [0.2, 0.25) is 5.91 Å². The number of amides is 1.